The van der Waals surface area contributed by atoms with E-state index in [-0.39, 0.29) is 12.3 Å². The van der Waals surface area contributed by atoms with Gasteiger partial charge in [-0.2, -0.15) is 0 Å². The Labute approximate surface area is 234 Å². The summed E-state index contributed by atoms with van der Waals surface area (Å²) >= 11 is 0. The number of hydrogen-bond acceptors (Lipinski definition) is 4. The van der Waals surface area contributed by atoms with Crippen LogP contribution in [0, 0.1) is 0 Å². The summed E-state index contributed by atoms with van der Waals surface area (Å²) in [6.45, 7) is 0.856. The van der Waals surface area contributed by atoms with Crippen LogP contribution in [-0.4, -0.2) is 12.4 Å². The Morgan fingerprint density at radius 2 is 1.27 bits per heavy atom. The van der Waals surface area contributed by atoms with Gasteiger partial charge in [-0.15, -0.1) is 0 Å². The zero-order valence-corrected chi connectivity index (χ0v) is 22.1. The summed E-state index contributed by atoms with van der Waals surface area (Å²) in [5.41, 5.74) is 8.36. The van der Waals surface area contributed by atoms with Gasteiger partial charge in [0.05, 0.1) is 0 Å². The van der Waals surface area contributed by atoms with Gasteiger partial charge >= 0.3 is 0 Å². The van der Waals surface area contributed by atoms with Gasteiger partial charge in [0.15, 0.2) is 0 Å². The number of benzene rings is 5. The molecule has 5 aromatic carbocycles. The van der Waals surface area contributed by atoms with E-state index in [4.69, 9.17) is 4.99 Å². The molecular formula is C36H30N4. The number of fused-ring (bicyclic) bond motifs is 1. The molecule has 4 nitrogen and oxygen atoms in total. The first-order valence-electron chi connectivity index (χ1n) is 13.8. The van der Waals surface area contributed by atoms with Gasteiger partial charge in [-0.3, -0.25) is 5.32 Å². The maximum Gasteiger partial charge on any atom is 0.131 e. The summed E-state index contributed by atoms with van der Waals surface area (Å²) in [7, 11) is 0. The van der Waals surface area contributed by atoms with Crippen LogP contribution >= 0.6 is 0 Å². The van der Waals surface area contributed by atoms with Gasteiger partial charge in [-0.05, 0) is 56.4 Å². The molecule has 0 saturated heterocycles. The lowest BCUT2D eigenvalue weighted by molar-refractivity contribution is 0.409. The van der Waals surface area contributed by atoms with Crippen LogP contribution in [0.3, 0.4) is 0 Å². The third-order valence-electron chi connectivity index (χ3n) is 7.64. The summed E-state index contributed by atoms with van der Waals surface area (Å²) < 4.78 is 0. The minimum Gasteiger partial charge on any atom is -0.387 e. The molecule has 0 amide bonds. The van der Waals surface area contributed by atoms with Crippen LogP contribution in [0.5, 0.6) is 0 Å². The number of nitrogens with one attached hydrogen (secondary N) is 3. The number of aliphatic imine (C=N–C) groups is 1. The average Bonchev–Trinajstić information content (AvgIpc) is 3.05. The van der Waals surface area contributed by atoms with E-state index in [9.17, 15) is 0 Å². The van der Waals surface area contributed by atoms with Crippen LogP contribution in [0.25, 0.3) is 27.5 Å². The van der Waals surface area contributed by atoms with E-state index in [1.165, 1.54) is 38.6 Å². The molecule has 0 spiro atoms. The van der Waals surface area contributed by atoms with Crippen molar-refractivity contribution in [3.8, 4) is 11.1 Å². The van der Waals surface area contributed by atoms with Gasteiger partial charge in [0.1, 0.15) is 18.2 Å². The van der Waals surface area contributed by atoms with Crippen molar-refractivity contribution in [1.82, 2.24) is 16.0 Å². The van der Waals surface area contributed by atoms with E-state index in [0.717, 1.165) is 23.5 Å². The van der Waals surface area contributed by atoms with Crippen molar-refractivity contribution >= 4 is 22.2 Å². The Morgan fingerprint density at radius 1 is 0.600 bits per heavy atom. The monoisotopic (exact) mass is 518 g/mol. The number of allylic oxidation sites excluding steroid dienone is 2. The quantitative estimate of drug-likeness (QED) is 0.228. The third-order valence-corrected chi connectivity index (χ3v) is 7.64. The fourth-order valence-corrected chi connectivity index (χ4v) is 5.59. The number of dihydropyridines is 1. The smallest absolute Gasteiger partial charge is 0.131 e. The maximum atomic E-state index is 5.03. The first-order valence-corrected chi connectivity index (χ1v) is 13.8. The van der Waals surface area contributed by atoms with Gasteiger partial charge in [-0.25, -0.2) is 4.99 Å². The van der Waals surface area contributed by atoms with E-state index in [2.05, 4.69) is 137 Å². The Morgan fingerprint density at radius 3 is 2.00 bits per heavy atom. The minimum atomic E-state index is -0.142. The molecule has 5 aromatic rings. The summed E-state index contributed by atoms with van der Waals surface area (Å²) in [5.74, 6) is 0.894. The second-order valence-electron chi connectivity index (χ2n) is 10.1. The zero-order chi connectivity index (χ0) is 26.7. The first-order chi connectivity index (χ1) is 19.8. The van der Waals surface area contributed by atoms with E-state index in [0.29, 0.717) is 0 Å². The van der Waals surface area contributed by atoms with Crippen molar-refractivity contribution < 1.29 is 0 Å². The lowest BCUT2D eigenvalue weighted by Gasteiger charge is -2.32. The molecule has 4 heteroatoms. The second-order valence-corrected chi connectivity index (χ2v) is 10.1. The van der Waals surface area contributed by atoms with Crippen LogP contribution in [0.2, 0.25) is 0 Å². The van der Waals surface area contributed by atoms with Crippen LogP contribution in [0.15, 0.2) is 145 Å². The topological polar surface area (TPSA) is 48.5 Å². The molecule has 0 saturated carbocycles. The van der Waals surface area contributed by atoms with Gasteiger partial charge in [0, 0.05) is 12.1 Å². The van der Waals surface area contributed by atoms with E-state index >= 15 is 0 Å². The molecule has 2 aliphatic heterocycles. The maximum absolute atomic E-state index is 5.03. The molecule has 3 N–H and O–H groups in total. The SMILES string of the molecule is C1=CC(c2ccc(-c3ccc(C4NC(c5ccccc5)=NC(c5ccccc5)N4)cc3)c3ccccc23)=CCN1. The molecule has 7 rings (SSSR count). The highest BCUT2D eigenvalue weighted by molar-refractivity contribution is 6.04. The Hall–Kier alpha value is -4.93. The van der Waals surface area contributed by atoms with Gasteiger partial charge in [0.25, 0.3) is 0 Å². The fraction of sp³-hybridized carbons (Fsp3) is 0.0833. The highest BCUT2D eigenvalue weighted by atomic mass is 15.3. The van der Waals surface area contributed by atoms with Crippen LogP contribution in [0.4, 0.5) is 0 Å². The van der Waals surface area contributed by atoms with Gasteiger partial charge in [0.2, 0.25) is 0 Å². The van der Waals surface area contributed by atoms with Crippen molar-refractivity contribution in [2.45, 2.75) is 12.3 Å². The molecule has 2 aliphatic rings. The van der Waals surface area contributed by atoms with Crippen molar-refractivity contribution in [1.29, 1.82) is 0 Å². The molecule has 2 heterocycles. The third kappa shape index (κ3) is 4.70. The molecule has 0 radical (unpaired) electrons. The molecule has 2 atom stereocenters. The average molecular weight is 519 g/mol. The molecule has 0 bridgehead atoms. The number of rotatable bonds is 5. The Balaban J connectivity index is 1.22. The van der Waals surface area contributed by atoms with Crippen LogP contribution in [-0.2, 0) is 0 Å². The summed E-state index contributed by atoms with van der Waals surface area (Å²) in [6.07, 6.45) is 6.21. The molecule has 40 heavy (non-hydrogen) atoms. The van der Waals surface area contributed by atoms with Crippen molar-refractivity contribution in [3.63, 3.8) is 0 Å². The summed E-state index contributed by atoms with van der Waals surface area (Å²) in [4.78, 5) is 5.03. The predicted molar refractivity (Wildman–Crippen MR) is 166 cm³/mol. The predicted octanol–water partition coefficient (Wildman–Crippen LogP) is 7.34. The number of amidine groups is 1. The Kier molecular flexibility index (Phi) is 6.44. The minimum absolute atomic E-state index is 0.0790. The van der Waals surface area contributed by atoms with Gasteiger partial charge < -0.3 is 10.6 Å². The molecule has 0 aliphatic carbocycles. The largest absolute Gasteiger partial charge is 0.387 e. The van der Waals surface area contributed by atoms with E-state index < -0.39 is 0 Å². The highest BCUT2D eigenvalue weighted by Gasteiger charge is 2.25. The molecule has 194 valence electrons. The lowest BCUT2D eigenvalue weighted by Crippen LogP contribution is -2.44. The van der Waals surface area contributed by atoms with Crippen LogP contribution < -0.4 is 16.0 Å². The van der Waals surface area contributed by atoms with Crippen molar-refractivity contribution in [3.05, 3.63) is 162 Å². The standard InChI is InChI=1S/C36H30N4/c1-3-9-27(10-4-1)34-38-35(28-11-5-2-6-12-28)40-36(39-34)29-17-15-25(16-18-29)30-19-20-31(26-21-23-37-24-22-26)33-14-8-7-13-32(30)33/h1-23,34,36-37,39H,24H2,(H,38,40). The number of hydrogen-bond donors (Lipinski definition) is 3. The second kappa shape index (κ2) is 10.7. The molecule has 0 aromatic heterocycles. The molecular weight excluding hydrogens is 488 g/mol. The molecule has 0 fully saturated rings. The van der Waals surface area contributed by atoms with Crippen molar-refractivity contribution in [2.75, 3.05) is 6.54 Å². The molecule has 2 unspecified atom stereocenters. The normalized spacial score (nSPS) is 18.4. The number of nitrogens with zero attached hydrogens (tertiary/aromatic N) is 1. The summed E-state index contributed by atoms with van der Waals surface area (Å²) in [5, 5.41) is 13.1. The lowest BCUT2D eigenvalue weighted by atomic mass is 9.91. The van der Waals surface area contributed by atoms with Gasteiger partial charge in [-0.1, -0.05) is 127 Å². The highest BCUT2D eigenvalue weighted by Crippen LogP contribution is 2.35. The van der Waals surface area contributed by atoms with Crippen molar-refractivity contribution in [2.24, 2.45) is 4.99 Å². The van der Waals surface area contributed by atoms with E-state index in [1.54, 1.807) is 0 Å². The first kappa shape index (κ1) is 24.1. The fourth-order valence-electron chi connectivity index (χ4n) is 5.59. The Bertz CT molecular complexity index is 1740. The zero-order valence-electron chi connectivity index (χ0n) is 22.1. The van der Waals surface area contributed by atoms with Crippen LogP contribution in [0.1, 0.15) is 34.6 Å². The van der Waals surface area contributed by atoms with E-state index in [1.807, 2.05) is 18.3 Å². The summed E-state index contributed by atoms with van der Waals surface area (Å²) in [6, 6.07) is 42.9.